The van der Waals surface area contributed by atoms with Gasteiger partial charge in [0.25, 0.3) is 11.8 Å². The topological polar surface area (TPSA) is 37.4 Å². The molecule has 1 saturated carbocycles. The molecular weight excluding hydrogens is 202 g/mol. The number of carbonyl (C=O) groups is 2. The second-order valence-electron chi connectivity index (χ2n) is 5.59. The maximum Gasteiger partial charge on any atom is 0.256 e. The van der Waals surface area contributed by atoms with Crippen LogP contribution < -0.4 is 0 Å². The van der Waals surface area contributed by atoms with Gasteiger partial charge in [-0.3, -0.25) is 14.5 Å². The number of rotatable bonds is 1. The van der Waals surface area contributed by atoms with Crippen molar-refractivity contribution in [2.24, 2.45) is 5.41 Å². The molecule has 0 N–H and O–H groups in total. The van der Waals surface area contributed by atoms with Crippen molar-refractivity contribution in [3.8, 4) is 0 Å². The molecule has 1 aliphatic carbocycles. The minimum atomic E-state index is -0.123. The highest BCUT2D eigenvalue weighted by Crippen LogP contribution is 2.40. The number of carbonyl (C=O) groups excluding carboxylic acids is 2. The molecule has 1 heterocycles. The molecule has 1 unspecified atom stereocenters. The van der Waals surface area contributed by atoms with E-state index in [2.05, 4.69) is 13.8 Å². The smallest absolute Gasteiger partial charge is 0.256 e. The molecule has 0 radical (unpaired) electrons. The van der Waals surface area contributed by atoms with Gasteiger partial charge >= 0.3 is 0 Å². The summed E-state index contributed by atoms with van der Waals surface area (Å²) in [6.45, 7) is 6.03. The molecule has 2 amide bonds. The Balaban J connectivity index is 2.25. The lowest BCUT2D eigenvalue weighted by Gasteiger charge is -2.42. The first-order valence-electron chi connectivity index (χ1n) is 5.99. The molecule has 2 rings (SSSR count). The van der Waals surface area contributed by atoms with Crippen LogP contribution in [0.1, 0.15) is 46.5 Å². The number of imide groups is 1. The van der Waals surface area contributed by atoms with Gasteiger partial charge < -0.3 is 0 Å². The van der Waals surface area contributed by atoms with Crippen molar-refractivity contribution >= 4 is 11.8 Å². The average Bonchev–Trinajstić information content (AvgIpc) is 2.42. The summed E-state index contributed by atoms with van der Waals surface area (Å²) in [5, 5.41) is 0. The molecule has 88 valence electrons. The maximum absolute atomic E-state index is 11.9. The fourth-order valence-corrected chi connectivity index (χ4v) is 2.86. The molecular formula is C13H19NO2. The Bertz CT molecular complexity index is 368. The van der Waals surface area contributed by atoms with Gasteiger partial charge in [-0.25, -0.2) is 0 Å². The minimum Gasteiger partial charge on any atom is -0.272 e. The Kier molecular flexibility index (Phi) is 2.64. The first-order valence-corrected chi connectivity index (χ1v) is 5.99. The highest BCUT2D eigenvalue weighted by Gasteiger charge is 2.43. The average molecular weight is 221 g/mol. The fraction of sp³-hybridized carbons (Fsp3) is 0.692. The molecule has 16 heavy (non-hydrogen) atoms. The maximum atomic E-state index is 11.9. The van der Waals surface area contributed by atoms with Crippen LogP contribution in [0.2, 0.25) is 0 Å². The Morgan fingerprint density at radius 2 is 2.00 bits per heavy atom. The van der Waals surface area contributed by atoms with Gasteiger partial charge in [0.15, 0.2) is 0 Å². The second-order valence-corrected chi connectivity index (χ2v) is 5.59. The van der Waals surface area contributed by atoms with Gasteiger partial charge in [0.05, 0.1) is 0 Å². The van der Waals surface area contributed by atoms with E-state index in [0.29, 0.717) is 5.57 Å². The third kappa shape index (κ3) is 1.68. The van der Waals surface area contributed by atoms with Crippen LogP contribution in [-0.4, -0.2) is 22.8 Å². The van der Waals surface area contributed by atoms with Gasteiger partial charge in [0, 0.05) is 17.7 Å². The van der Waals surface area contributed by atoms with E-state index in [4.69, 9.17) is 0 Å². The Labute approximate surface area is 96.5 Å². The zero-order valence-electron chi connectivity index (χ0n) is 10.2. The van der Waals surface area contributed by atoms with Gasteiger partial charge in [0.2, 0.25) is 0 Å². The summed E-state index contributed by atoms with van der Waals surface area (Å²) in [7, 11) is 0. The van der Waals surface area contributed by atoms with Crippen LogP contribution in [0.5, 0.6) is 0 Å². The minimum absolute atomic E-state index is 0.0576. The summed E-state index contributed by atoms with van der Waals surface area (Å²) in [6, 6.07) is 0.0787. The number of nitrogens with zero attached hydrogens (tertiary/aromatic N) is 1. The molecule has 0 saturated heterocycles. The Morgan fingerprint density at radius 3 is 2.50 bits per heavy atom. The van der Waals surface area contributed by atoms with E-state index in [-0.39, 0.29) is 23.3 Å². The van der Waals surface area contributed by atoms with Crippen LogP contribution in [0.3, 0.4) is 0 Å². The molecule has 3 heteroatoms. The standard InChI is InChI=1S/C13H19NO2/c1-9-8-11(15)14(12(9)16)10-6-4-5-7-13(10,2)3/h8,10H,4-7H2,1-3H3. The molecule has 1 aliphatic heterocycles. The van der Waals surface area contributed by atoms with Crippen molar-refractivity contribution in [3.05, 3.63) is 11.6 Å². The SMILES string of the molecule is CC1=CC(=O)N(C2CCCCC2(C)C)C1=O. The predicted molar refractivity (Wildman–Crippen MR) is 61.6 cm³/mol. The van der Waals surface area contributed by atoms with E-state index in [0.717, 1.165) is 19.3 Å². The van der Waals surface area contributed by atoms with Crippen molar-refractivity contribution in [2.45, 2.75) is 52.5 Å². The molecule has 0 aromatic heterocycles. The normalized spacial score (nSPS) is 29.6. The molecule has 0 aromatic carbocycles. The third-order valence-corrected chi connectivity index (χ3v) is 3.90. The van der Waals surface area contributed by atoms with Gasteiger partial charge in [-0.05, 0) is 25.2 Å². The van der Waals surface area contributed by atoms with E-state index in [1.54, 1.807) is 6.92 Å². The van der Waals surface area contributed by atoms with Crippen molar-refractivity contribution in [1.29, 1.82) is 0 Å². The van der Waals surface area contributed by atoms with Gasteiger partial charge in [-0.15, -0.1) is 0 Å². The quantitative estimate of drug-likeness (QED) is 0.637. The van der Waals surface area contributed by atoms with E-state index in [9.17, 15) is 9.59 Å². The molecule has 2 aliphatic rings. The number of hydrogen-bond acceptors (Lipinski definition) is 2. The molecule has 1 fully saturated rings. The van der Waals surface area contributed by atoms with Crippen LogP contribution in [0.15, 0.2) is 11.6 Å². The van der Waals surface area contributed by atoms with Crippen LogP contribution in [0.25, 0.3) is 0 Å². The van der Waals surface area contributed by atoms with E-state index >= 15 is 0 Å². The van der Waals surface area contributed by atoms with Crippen molar-refractivity contribution in [2.75, 3.05) is 0 Å². The molecule has 1 atom stereocenters. The highest BCUT2D eigenvalue weighted by molar-refractivity contribution is 6.16. The Hall–Kier alpha value is -1.12. The zero-order valence-corrected chi connectivity index (χ0v) is 10.2. The van der Waals surface area contributed by atoms with Gasteiger partial charge in [0.1, 0.15) is 0 Å². The van der Waals surface area contributed by atoms with Gasteiger partial charge in [-0.1, -0.05) is 26.7 Å². The highest BCUT2D eigenvalue weighted by atomic mass is 16.2. The summed E-state index contributed by atoms with van der Waals surface area (Å²) in [5.74, 6) is -0.215. The monoisotopic (exact) mass is 221 g/mol. The van der Waals surface area contributed by atoms with Crippen LogP contribution in [-0.2, 0) is 9.59 Å². The molecule has 0 spiro atoms. The van der Waals surface area contributed by atoms with Gasteiger partial charge in [-0.2, -0.15) is 0 Å². The lowest BCUT2D eigenvalue weighted by atomic mass is 9.72. The number of amides is 2. The van der Waals surface area contributed by atoms with E-state index in [1.165, 1.54) is 17.4 Å². The summed E-state index contributed by atoms with van der Waals surface area (Å²) in [6.07, 6.45) is 5.82. The lowest BCUT2D eigenvalue weighted by molar-refractivity contribution is -0.144. The first kappa shape index (κ1) is 11.4. The van der Waals surface area contributed by atoms with E-state index < -0.39 is 0 Å². The van der Waals surface area contributed by atoms with Crippen LogP contribution >= 0.6 is 0 Å². The van der Waals surface area contributed by atoms with Crippen LogP contribution in [0.4, 0.5) is 0 Å². The molecule has 0 bridgehead atoms. The summed E-state index contributed by atoms with van der Waals surface area (Å²) >= 11 is 0. The van der Waals surface area contributed by atoms with Crippen molar-refractivity contribution in [1.82, 2.24) is 4.90 Å². The Morgan fingerprint density at radius 1 is 1.31 bits per heavy atom. The summed E-state index contributed by atoms with van der Waals surface area (Å²) in [4.78, 5) is 25.2. The summed E-state index contributed by atoms with van der Waals surface area (Å²) < 4.78 is 0. The molecule has 0 aromatic rings. The number of hydrogen-bond donors (Lipinski definition) is 0. The first-order chi connectivity index (χ1) is 7.43. The van der Waals surface area contributed by atoms with Crippen LogP contribution in [0, 0.1) is 5.41 Å². The van der Waals surface area contributed by atoms with Crippen molar-refractivity contribution < 1.29 is 9.59 Å². The fourth-order valence-electron chi connectivity index (χ4n) is 2.86. The third-order valence-electron chi connectivity index (χ3n) is 3.90. The zero-order chi connectivity index (χ0) is 11.9. The second kappa shape index (κ2) is 3.72. The van der Waals surface area contributed by atoms with Crippen molar-refractivity contribution in [3.63, 3.8) is 0 Å². The predicted octanol–water partition coefficient (Wildman–Crippen LogP) is 2.27. The molecule has 3 nitrogen and oxygen atoms in total. The largest absolute Gasteiger partial charge is 0.272 e. The van der Waals surface area contributed by atoms with E-state index in [1.807, 2.05) is 0 Å². The lowest BCUT2D eigenvalue weighted by Crippen LogP contribution is -2.50. The summed E-state index contributed by atoms with van der Waals surface area (Å²) in [5.41, 5.74) is 0.633.